The van der Waals surface area contributed by atoms with Gasteiger partial charge in [0.2, 0.25) is 17.4 Å². The highest BCUT2D eigenvalue weighted by molar-refractivity contribution is 6.15. The van der Waals surface area contributed by atoms with E-state index >= 15 is 0 Å². The first kappa shape index (κ1) is 20.1. The molecule has 0 spiro atoms. The second kappa shape index (κ2) is 7.91. The SMILES string of the molecule is CC[C@H](C)C1=C2N=C3OC=CC=C[C@]3(OC)C(=O)N2[C@@H](Cc2ccccc2)C(=O)N1. The number of hydrogen-bond acceptors (Lipinski definition) is 5. The molecular formula is C23H25N3O4. The predicted molar refractivity (Wildman–Crippen MR) is 112 cm³/mol. The van der Waals surface area contributed by atoms with Crippen molar-refractivity contribution in [3.8, 4) is 0 Å². The third-order valence-electron chi connectivity index (χ3n) is 5.80. The van der Waals surface area contributed by atoms with E-state index in [1.807, 2.05) is 44.2 Å². The molecule has 30 heavy (non-hydrogen) atoms. The molecule has 0 saturated heterocycles. The third kappa shape index (κ3) is 3.15. The summed E-state index contributed by atoms with van der Waals surface area (Å²) in [5.74, 6) is -0.0505. The first-order valence-corrected chi connectivity index (χ1v) is 10.1. The maximum atomic E-state index is 13.8. The fourth-order valence-corrected chi connectivity index (χ4v) is 3.88. The molecule has 0 fully saturated rings. The van der Waals surface area contributed by atoms with Crippen molar-refractivity contribution >= 4 is 17.7 Å². The number of nitrogens with one attached hydrogen (secondary N) is 1. The molecule has 0 unspecified atom stereocenters. The number of nitrogens with zero attached hydrogens (tertiary/aromatic N) is 2. The molecule has 2 amide bonds. The minimum atomic E-state index is -1.51. The molecule has 3 atom stereocenters. The van der Waals surface area contributed by atoms with Crippen LogP contribution in [0.25, 0.3) is 0 Å². The topological polar surface area (TPSA) is 80.2 Å². The average Bonchev–Trinajstić information content (AvgIpc) is 2.99. The van der Waals surface area contributed by atoms with Gasteiger partial charge in [0.15, 0.2) is 5.82 Å². The van der Waals surface area contributed by atoms with Crippen molar-refractivity contribution in [3.63, 3.8) is 0 Å². The fourth-order valence-electron chi connectivity index (χ4n) is 3.88. The predicted octanol–water partition coefficient (Wildman–Crippen LogP) is 2.67. The van der Waals surface area contributed by atoms with Crippen LogP contribution in [0, 0.1) is 5.92 Å². The summed E-state index contributed by atoms with van der Waals surface area (Å²) in [6.07, 6.45) is 7.58. The lowest BCUT2D eigenvalue weighted by molar-refractivity contribution is -0.150. The van der Waals surface area contributed by atoms with Crippen molar-refractivity contribution in [1.82, 2.24) is 10.2 Å². The van der Waals surface area contributed by atoms with Crippen molar-refractivity contribution in [3.05, 3.63) is 71.9 Å². The Morgan fingerprint density at radius 1 is 1.27 bits per heavy atom. The van der Waals surface area contributed by atoms with Crippen LogP contribution in [0.3, 0.4) is 0 Å². The summed E-state index contributed by atoms with van der Waals surface area (Å²) in [6, 6.07) is 8.87. The van der Waals surface area contributed by atoms with Gasteiger partial charge in [-0.15, -0.1) is 0 Å². The lowest BCUT2D eigenvalue weighted by Gasteiger charge is -2.44. The van der Waals surface area contributed by atoms with Crippen molar-refractivity contribution < 1.29 is 19.1 Å². The van der Waals surface area contributed by atoms with Crippen LogP contribution in [0.15, 0.2) is 71.3 Å². The Bertz CT molecular complexity index is 979. The molecule has 4 rings (SSSR count). The molecule has 0 saturated carbocycles. The Kier molecular flexibility index (Phi) is 5.30. The van der Waals surface area contributed by atoms with Gasteiger partial charge >= 0.3 is 0 Å². The normalized spacial score (nSPS) is 26.3. The second-order valence-corrected chi connectivity index (χ2v) is 7.58. The molecule has 1 aromatic carbocycles. The maximum absolute atomic E-state index is 13.8. The van der Waals surface area contributed by atoms with Crippen LogP contribution in [0.5, 0.6) is 0 Å². The van der Waals surface area contributed by atoms with Gasteiger partial charge in [-0.05, 0) is 30.1 Å². The molecule has 3 heterocycles. The zero-order valence-corrected chi connectivity index (χ0v) is 17.3. The molecule has 0 radical (unpaired) electrons. The van der Waals surface area contributed by atoms with Gasteiger partial charge in [-0.25, -0.2) is 0 Å². The summed E-state index contributed by atoms with van der Waals surface area (Å²) in [5, 5.41) is 3.01. The van der Waals surface area contributed by atoms with Crippen molar-refractivity contribution in [2.24, 2.45) is 10.9 Å². The highest BCUT2D eigenvalue weighted by Crippen LogP contribution is 2.36. The van der Waals surface area contributed by atoms with E-state index in [2.05, 4.69) is 5.32 Å². The van der Waals surface area contributed by atoms with E-state index in [-0.39, 0.29) is 23.6 Å². The molecule has 0 aromatic heterocycles. The van der Waals surface area contributed by atoms with Gasteiger partial charge in [-0.3, -0.25) is 14.5 Å². The lowest BCUT2D eigenvalue weighted by Crippen LogP contribution is -2.65. The molecule has 3 aliphatic rings. The Hall–Kier alpha value is -3.19. The van der Waals surface area contributed by atoms with Crippen LogP contribution >= 0.6 is 0 Å². The Morgan fingerprint density at radius 3 is 2.73 bits per heavy atom. The van der Waals surface area contributed by atoms with Gasteiger partial charge in [0.1, 0.15) is 6.04 Å². The average molecular weight is 407 g/mol. The number of fused-ring (bicyclic) bond motifs is 2. The van der Waals surface area contributed by atoms with Crippen molar-refractivity contribution in [2.45, 2.75) is 38.3 Å². The fraction of sp³-hybridized carbons (Fsp3) is 0.348. The Morgan fingerprint density at radius 2 is 2.03 bits per heavy atom. The summed E-state index contributed by atoms with van der Waals surface area (Å²) in [4.78, 5) is 33.2. The Labute approximate surface area is 175 Å². The first-order chi connectivity index (χ1) is 14.5. The summed E-state index contributed by atoms with van der Waals surface area (Å²) in [5.41, 5.74) is 0.0608. The van der Waals surface area contributed by atoms with Gasteiger partial charge in [-0.1, -0.05) is 50.3 Å². The quantitative estimate of drug-likeness (QED) is 0.814. The molecule has 0 aliphatic carbocycles. The highest BCUT2D eigenvalue weighted by atomic mass is 16.5. The number of aliphatic imine (C=N–C) groups is 1. The van der Waals surface area contributed by atoms with E-state index in [4.69, 9.17) is 14.5 Å². The molecular weight excluding hydrogens is 382 g/mol. The monoisotopic (exact) mass is 407 g/mol. The van der Waals surface area contributed by atoms with Crippen molar-refractivity contribution in [2.75, 3.05) is 7.11 Å². The smallest absolute Gasteiger partial charge is 0.275 e. The van der Waals surface area contributed by atoms with Gasteiger partial charge in [-0.2, -0.15) is 4.99 Å². The zero-order valence-electron chi connectivity index (χ0n) is 17.3. The second-order valence-electron chi connectivity index (χ2n) is 7.58. The molecule has 7 nitrogen and oxygen atoms in total. The van der Waals surface area contributed by atoms with E-state index in [0.29, 0.717) is 17.9 Å². The van der Waals surface area contributed by atoms with E-state index in [1.54, 1.807) is 18.2 Å². The van der Waals surface area contributed by atoms with Crippen LogP contribution in [0.2, 0.25) is 0 Å². The van der Waals surface area contributed by atoms with E-state index in [9.17, 15) is 9.59 Å². The molecule has 3 aliphatic heterocycles. The molecule has 0 bridgehead atoms. The first-order valence-electron chi connectivity index (χ1n) is 10.1. The number of methoxy groups -OCH3 is 1. The molecule has 7 heteroatoms. The summed E-state index contributed by atoms with van der Waals surface area (Å²) in [7, 11) is 1.44. The Balaban J connectivity index is 1.88. The number of ether oxygens (including phenoxy) is 2. The standard InChI is InChI=1S/C23H25N3O4/c1-4-15(2)18-19-25-21-23(29-3,12-8-9-13-30-21)22(28)26(19)17(20(27)24-18)14-16-10-6-5-7-11-16/h5-13,15,17H,4,14H2,1-3H3,(H,24,27)/t15-,17-,23+/m0/s1. The third-order valence-corrected chi connectivity index (χ3v) is 5.80. The number of amides is 2. The molecule has 1 aromatic rings. The number of carbonyl (C=O) groups excluding carboxylic acids is 2. The number of benzene rings is 1. The summed E-state index contributed by atoms with van der Waals surface area (Å²) >= 11 is 0. The van der Waals surface area contributed by atoms with Crippen LogP contribution < -0.4 is 5.32 Å². The number of hydrogen-bond donors (Lipinski definition) is 1. The van der Waals surface area contributed by atoms with Crippen molar-refractivity contribution in [1.29, 1.82) is 0 Å². The van der Waals surface area contributed by atoms with Gasteiger partial charge in [0.25, 0.3) is 5.91 Å². The van der Waals surface area contributed by atoms with Gasteiger partial charge in [0, 0.05) is 13.5 Å². The van der Waals surface area contributed by atoms with E-state index in [1.165, 1.54) is 18.3 Å². The highest BCUT2D eigenvalue weighted by Gasteiger charge is 2.55. The maximum Gasteiger partial charge on any atom is 0.275 e. The van der Waals surface area contributed by atoms with Gasteiger partial charge < -0.3 is 14.8 Å². The minimum Gasteiger partial charge on any atom is -0.447 e. The lowest BCUT2D eigenvalue weighted by atomic mass is 9.92. The molecule has 1 N–H and O–H groups in total. The summed E-state index contributed by atoms with van der Waals surface area (Å²) in [6.45, 7) is 4.02. The minimum absolute atomic E-state index is 0.00758. The van der Waals surface area contributed by atoms with Crippen LogP contribution in [0.4, 0.5) is 0 Å². The van der Waals surface area contributed by atoms with E-state index < -0.39 is 11.6 Å². The summed E-state index contributed by atoms with van der Waals surface area (Å²) < 4.78 is 11.3. The largest absolute Gasteiger partial charge is 0.447 e. The van der Waals surface area contributed by atoms with Crippen LogP contribution in [-0.2, 0) is 25.5 Å². The zero-order chi connectivity index (χ0) is 21.3. The van der Waals surface area contributed by atoms with Crippen LogP contribution in [-0.4, -0.2) is 41.4 Å². The molecule has 156 valence electrons. The number of rotatable bonds is 5. The van der Waals surface area contributed by atoms with Gasteiger partial charge in [0.05, 0.1) is 12.0 Å². The number of allylic oxidation sites excluding steroid dienone is 3. The van der Waals surface area contributed by atoms with E-state index in [0.717, 1.165) is 12.0 Å². The van der Waals surface area contributed by atoms with Crippen LogP contribution in [0.1, 0.15) is 25.8 Å². The number of carbonyl (C=O) groups is 2.